The Kier molecular flexibility index (Phi) is 4.68. The third-order valence-corrected chi connectivity index (χ3v) is 2.55. The molecule has 0 amide bonds. The van der Waals surface area contributed by atoms with Crippen LogP contribution >= 0.6 is 12.4 Å². The minimum atomic E-state index is -0.0438. The van der Waals surface area contributed by atoms with Crippen LogP contribution in [0.1, 0.15) is 11.1 Å². The second-order valence-corrected chi connectivity index (χ2v) is 3.79. The van der Waals surface area contributed by atoms with Gasteiger partial charge in [0, 0.05) is 5.56 Å². The van der Waals surface area contributed by atoms with E-state index in [4.69, 9.17) is 11.5 Å². The Morgan fingerprint density at radius 3 is 2.39 bits per heavy atom. The smallest absolute Gasteiger partial charge is 0.211 e. The van der Waals surface area contributed by atoms with Gasteiger partial charge in [-0.25, -0.2) is 0 Å². The average molecular weight is 263 g/mol. The monoisotopic (exact) mass is 262 g/mol. The molecule has 0 unspecified atom stereocenters. The Labute approximate surface area is 112 Å². The summed E-state index contributed by atoms with van der Waals surface area (Å²) in [4.78, 5) is 0. The Bertz CT molecular complexity index is 601. The van der Waals surface area contributed by atoms with E-state index in [1.54, 1.807) is 6.21 Å². The van der Waals surface area contributed by atoms with E-state index in [1.807, 2.05) is 18.2 Å². The summed E-state index contributed by atoms with van der Waals surface area (Å²) in [6.45, 7) is 2.08. The Morgan fingerprint density at radius 2 is 1.72 bits per heavy atom. The molecule has 2 rings (SSSR count). The molecular formula is C13H15ClN4. The lowest BCUT2D eigenvalue weighted by molar-refractivity contribution is 1.22. The van der Waals surface area contributed by atoms with E-state index in [0.29, 0.717) is 0 Å². The van der Waals surface area contributed by atoms with Crippen molar-refractivity contribution in [2.24, 2.45) is 21.7 Å². The maximum Gasteiger partial charge on any atom is 0.211 e. The van der Waals surface area contributed by atoms with Crippen LogP contribution in [0.25, 0.3) is 10.8 Å². The standard InChI is InChI=1S/C13H14N4.ClH/c1-9-6-7-10(8-16-17-13(14)15)12-5-3-2-4-11(9)12;/h2-8H,1H3,(H4,14,15,17);1H/b16-8+;. The lowest BCUT2D eigenvalue weighted by Crippen LogP contribution is -2.21. The second-order valence-electron chi connectivity index (χ2n) is 3.79. The first-order valence-electron chi connectivity index (χ1n) is 5.29. The van der Waals surface area contributed by atoms with Crippen LogP contribution in [-0.4, -0.2) is 12.2 Å². The van der Waals surface area contributed by atoms with E-state index in [9.17, 15) is 0 Å². The molecule has 0 bridgehead atoms. The van der Waals surface area contributed by atoms with Crippen molar-refractivity contribution in [1.82, 2.24) is 0 Å². The topological polar surface area (TPSA) is 76.8 Å². The summed E-state index contributed by atoms with van der Waals surface area (Å²) in [7, 11) is 0. The molecule has 0 spiro atoms. The predicted octanol–water partition coefficient (Wildman–Crippen LogP) is 2.18. The summed E-state index contributed by atoms with van der Waals surface area (Å²) in [5.74, 6) is -0.0438. The molecule has 2 aromatic carbocycles. The van der Waals surface area contributed by atoms with Crippen LogP contribution in [0.3, 0.4) is 0 Å². The number of hydrogen-bond acceptors (Lipinski definition) is 2. The molecule has 94 valence electrons. The number of rotatable bonds is 2. The molecule has 0 saturated carbocycles. The van der Waals surface area contributed by atoms with Gasteiger partial charge in [0.15, 0.2) is 0 Å². The number of guanidine groups is 1. The van der Waals surface area contributed by atoms with Gasteiger partial charge in [-0.15, -0.1) is 17.5 Å². The summed E-state index contributed by atoms with van der Waals surface area (Å²) < 4.78 is 0. The van der Waals surface area contributed by atoms with Crippen molar-refractivity contribution in [3.05, 3.63) is 47.5 Å². The Hall–Kier alpha value is -2.07. The number of aryl methyl sites for hydroxylation is 1. The number of hydrogen-bond donors (Lipinski definition) is 2. The lowest BCUT2D eigenvalue weighted by atomic mass is 10.0. The molecule has 0 atom stereocenters. The van der Waals surface area contributed by atoms with Crippen LogP contribution in [0.15, 0.2) is 46.6 Å². The van der Waals surface area contributed by atoms with Gasteiger partial charge in [0.05, 0.1) is 6.21 Å². The Morgan fingerprint density at radius 1 is 1.06 bits per heavy atom. The number of nitrogens with zero attached hydrogens (tertiary/aromatic N) is 2. The highest BCUT2D eigenvalue weighted by molar-refractivity contribution is 6.01. The number of halogens is 1. The molecule has 4 nitrogen and oxygen atoms in total. The van der Waals surface area contributed by atoms with E-state index in [-0.39, 0.29) is 18.4 Å². The van der Waals surface area contributed by atoms with Gasteiger partial charge >= 0.3 is 0 Å². The fourth-order valence-corrected chi connectivity index (χ4v) is 1.74. The lowest BCUT2D eigenvalue weighted by Gasteiger charge is -2.04. The van der Waals surface area contributed by atoms with Gasteiger partial charge in [0.25, 0.3) is 0 Å². The van der Waals surface area contributed by atoms with Crippen molar-refractivity contribution in [3.63, 3.8) is 0 Å². The normalized spacial score (nSPS) is 10.3. The van der Waals surface area contributed by atoms with E-state index < -0.39 is 0 Å². The largest absolute Gasteiger partial charge is 0.369 e. The Balaban J connectivity index is 0.00000162. The third kappa shape index (κ3) is 2.99. The number of fused-ring (bicyclic) bond motifs is 1. The van der Waals surface area contributed by atoms with Crippen LogP contribution in [-0.2, 0) is 0 Å². The fraction of sp³-hybridized carbons (Fsp3) is 0.0769. The first-order valence-corrected chi connectivity index (χ1v) is 5.29. The van der Waals surface area contributed by atoms with E-state index in [2.05, 4.69) is 35.3 Å². The van der Waals surface area contributed by atoms with Gasteiger partial charge in [-0.3, -0.25) is 0 Å². The molecule has 0 aliphatic carbocycles. The minimum absolute atomic E-state index is 0. The van der Waals surface area contributed by atoms with Crippen molar-refractivity contribution in [2.45, 2.75) is 6.92 Å². The van der Waals surface area contributed by atoms with E-state index >= 15 is 0 Å². The molecule has 5 heteroatoms. The van der Waals surface area contributed by atoms with Crippen molar-refractivity contribution >= 4 is 35.4 Å². The minimum Gasteiger partial charge on any atom is -0.369 e. The summed E-state index contributed by atoms with van der Waals surface area (Å²) in [5.41, 5.74) is 12.6. The van der Waals surface area contributed by atoms with Crippen molar-refractivity contribution in [3.8, 4) is 0 Å². The van der Waals surface area contributed by atoms with Gasteiger partial charge in [-0.05, 0) is 23.3 Å². The predicted molar refractivity (Wildman–Crippen MR) is 79.3 cm³/mol. The molecule has 0 radical (unpaired) electrons. The zero-order chi connectivity index (χ0) is 12.3. The first kappa shape index (κ1) is 14.0. The zero-order valence-electron chi connectivity index (χ0n) is 10.00. The molecule has 0 aliphatic heterocycles. The zero-order valence-corrected chi connectivity index (χ0v) is 10.8. The van der Waals surface area contributed by atoms with Crippen molar-refractivity contribution < 1.29 is 0 Å². The summed E-state index contributed by atoms with van der Waals surface area (Å²) in [6.07, 6.45) is 1.65. The number of nitrogens with two attached hydrogens (primary N) is 2. The SMILES string of the molecule is Cc1ccc(/C=N/N=C(N)N)c2ccccc12.Cl. The molecule has 0 fully saturated rings. The van der Waals surface area contributed by atoms with Crippen LogP contribution in [0.2, 0.25) is 0 Å². The van der Waals surface area contributed by atoms with E-state index in [1.165, 1.54) is 10.9 Å². The third-order valence-electron chi connectivity index (χ3n) is 2.55. The molecule has 0 saturated heterocycles. The fourth-order valence-electron chi connectivity index (χ4n) is 1.74. The van der Waals surface area contributed by atoms with Gasteiger partial charge in [0.2, 0.25) is 5.96 Å². The molecular weight excluding hydrogens is 248 g/mol. The highest BCUT2D eigenvalue weighted by atomic mass is 35.5. The average Bonchev–Trinajstić information content (AvgIpc) is 2.32. The van der Waals surface area contributed by atoms with Gasteiger partial charge in [0.1, 0.15) is 0 Å². The molecule has 0 heterocycles. The van der Waals surface area contributed by atoms with Gasteiger partial charge < -0.3 is 11.5 Å². The van der Waals surface area contributed by atoms with E-state index in [0.717, 1.165) is 10.9 Å². The maximum atomic E-state index is 5.21. The summed E-state index contributed by atoms with van der Waals surface area (Å²) in [5, 5.41) is 9.77. The molecule has 4 N–H and O–H groups in total. The van der Waals surface area contributed by atoms with Crippen molar-refractivity contribution in [1.29, 1.82) is 0 Å². The van der Waals surface area contributed by atoms with Crippen LogP contribution in [0, 0.1) is 6.92 Å². The summed E-state index contributed by atoms with van der Waals surface area (Å²) >= 11 is 0. The maximum absolute atomic E-state index is 5.21. The molecule has 18 heavy (non-hydrogen) atoms. The molecule has 0 aliphatic rings. The van der Waals surface area contributed by atoms with Gasteiger partial charge in [-0.2, -0.15) is 5.10 Å². The second kappa shape index (κ2) is 6.02. The van der Waals surface area contributed by atoms with Crippen molar-refractivity contribution in [2.75, 3.05) is 0 Å². The quantitative estimate of drug-likeness (QED) is 0.494. The van der Waals surface area contributed by atoms with Gasteiger partial charge in [-0.1, -0.05) is 36.4 Å². The van der Waals surface area contributed by atoms with Crippen LogP contribution < -0.4 is 11.5 Å². The van der Waals surface area contributed by atoms with Crippen LogP contribution in [0.4, 0.5) is 0 Å². The highest BCUT2D eigenvalue weighted by Crippen LogP contribution is 2.21. The van der Waals surface area contributed by atoms with Crippen LogP contribution in [0.5, 0.6) is 0 Å². The number of benzene rings is 2. The first-order chi connectivity index (χ1) is 8.18. The molecule has 2 aromatic rings. The highest BCUT2D eigenvalue weighted by Gasteiger charge is 2.00. The molecule has 0 aromatic heterocycles. The summed E-state index contributed by atoms with van der Waals surface area (Å²) in [6, 6.07) is 12.2.